The maximum absolute atomic E-state index is 14.9. The van der Waals surface area contributed by atoms with Crippen molar-refractivity contribution < 1.29 is 8.42 Å². The van der Waals surface area contributed by atoms with E-state index in [1.54, 1.807) is 0 Å². The molecule has 0 N–H and O–H groups in total. The number of rotatable bonds is 6. The highest BCUT2D eigenvalue weighted by Gasteiger charge is 2.59. The molecule has 0 saturated heterocycles. The van der Waals surface area contributed by atoms with Gasteiger partial charge in [-0.3, -0.25) is 0 Å². The first-order valence-electron chi connectivity index (χ1n) is 19.0. The van der Waals surface area contributed by atoms with Crippen LogP contribution in [0.5, 0.6) is 0 Å². The lowest BCUT2D eigenvalue weighted by atomic mass is 9.46. The number of fused-ring (bicyclic) bond motifs is 2. The van der Waals surface area contributed by atoms with Crippen molar-refractivity contribution in [3.8, 4) is 22.3 Å². The van der Waals surface area contributed by atoms with Gasteiger partial charge in [0.25, 0.3) is 0 Å². The Hall–Kier alpha value is -4.93. The molecule has 2 aliphatic carbocycles. The van der Waals surface area contributed by atoms with Crippen LogP contribution in [0, 0.1) is 23.7 Å². The predicted molar refractivity (Wildman–Crippen MR) is 213 cm³/mol. The second-order valence-corrected chi connectivity index (χ2v) is 17.3. The number of sulfone groups is 1. The Morgan fingerprint density at radius 3 is 1.83 bits per heavy atom. The van der Waals surface area contributed by atoms with Gasteiger partial charge in [-0.05, 0) is 114 Å². The molecule has 2 fully saturated rings. The lowest BCUT2D eigenvalue weighted by molar-refractivity contribution is 0.0173. The van der Waals surface area contributed by atoms with Gasteiger partial charge in [-0.15, -0.1) is 0 Å². The van der Waals surface area contributed by atoms with E-state index in [1.807, 2.05) is 30.3 Å². The molecule has 0 amide bonds. The van der Waals surface area contributed by atoms with Crippen LogP contribution >= 0.6 is 0 Å². The molecule has 0 radical (unpaired) electrons. The molecular weight excluding hydrogens is 655 g/mol. The normalized spacial score (nSPS) is 24.1. The third-order valence-electron chi connectivity index (χ3n) is 12.5. The summed E-state index contributed by atoms with van der Waals surface area (Å²) >= 11 is 0. The molecule has 1 aliphatic heterocycles. The van der Waals surface area contributed by atoms with Crippen LogP contribution in [0.15, 0.2) is 161 Å². The molecule has 52 heavy (non-hydrogen) atoms. The predicted octanol–water partition coefficient (Wildman–Crippen LogP) is 12.4. The monoisotopic (exact) mass is 699 g/mol. The first-order valence-corrected chi connectivity index (χ1v) is 20.5. The minimum atomic E-state index is -3.79. The minimum Gasteiger partial charge on any atom is -0.310 e. The quantitative estimate of drug-likeness (QED) is 0.174. The molecule has 3 unspecified atom stereocenters. The summed E-state index contributed by atoms with van der Waals surface area (Å²) in [4.78, 5) is 3.23. The van der Waals surface area contributed by atoms with Gasteiger partial charge in [0.2, 0.25) is 9.84 Å². The molecule has 3 aliphatic rings. The van der Waals surface area contributed by atoms with Gasteiger partial charge in [0.05, 0.1) is 15.5 Å². The van der Waals surface area contributed by atoms with Gasteiger partial charge in [-0.2, -0.15) is 0 Å². The van der Waals surface area contributed by atoms with Crippen LogP contribution in [0.25, 0.3) is 22.3 Å². The van der Waals surface area contributed by atoms with Crippen LogP contribution in [0.4, 0.5) is 17.1 Å². The van der Waals surface area contributed by atoms with E-state index in [0.717, 1.165) is 76.1 Å². The van der Waals surface area contributed by atoms with Gasteiger partial charge in [0.15, 0.2) is 0 Å². The van der Waals surface area contributed by atoms with Gasteiger partial charge >= 0.3 is 0 Å². The standard InChI is InChI=1S/C48H45NO2S/c1-3-34-30-38-28-33(2)29-39(31-34)48(38)43-19-11-13-21-46(43)52(50,51)47-32-41(26-27-44(47)48)49(40-24-22-36(23-25-40)35-14-6-4-7-15-35)45-20-12-10-18-42(45)37-16-8-5-9-17-37/h4-27,32-34,38-39H,3,28-31H2,1-2H3/t33?,34?,38-,39+,48?. The van der Waals surface area contributed by atoms with Crippen LogP contribution in [0.2, 0.25) is 0 Å². The average molecular weight is 700 g/mol. The van der Waals surface area contributed by atoms with E-state index in [2.05, 4.69) is 140 Å². The Labute approximate surface area is 308 Å². The third-order valence-corrected chi connectivity index (χ3v) is 14.4. The highest BCUT2D eigenvalue weighted by Crippen LogP contribution is 2.65. The fourth-order valence-corrected chi connectivity index (χ4v) is 12.2. The Morgan fingerprint density at radius 2 is 1.13 bits per heavy atom. The van der Waals surface area contributed by atoms with Crippen molar-refractivity contribution >= 4 is 26.9 Å². The maximum atomic E-state index is 14.9. The number of benzene rings is 6. The van der Waals surface area contributed by atoms with Gasteiger partial charge in [-0.1, -0.05) is 136 Å². The molecule has 6 aromatic rings. The lowest BCUT2D eigenvalue weighted by Gasteiger charge is -2.59. The van der Waals surface area contributed by atoms with Gasteiger partial charge < -0.3 is 4.90 Å². The largest absolute Gasteiger partial charge is 0.310 e. The number of hydrogen-bond acceptors (Lipinski definition) is 3. The maximum Gasteiger partial charge on any atom is 0.207 e. The molecule has 2 saturated carbocycles. The third kappa shape index (κ3) is 5.17. The fraction of sp³-hybridized carbons (Fsp3) is 0.250. The summed E-state index contributed by atoms with van der Waals surface area (Å²) in [6.45, 7) is 4.73. The summed E-state index contributed by atoms with van der Waals surface area (Å²) in [5.74, 6) is 2.13. The molecule has 1 spiro atoms. The summed E-state index contributed by atoms with van der Waals surface area (Å²) in [6, 6.07) is 52.4. The number of anilines is 3. The van der Waals surface area contributed by atoms with E-state index in [0.29, 0.717) is 33.5 Å². The van der Waals surface area contributed by atoms with E-state index < -0.39 is 9.84 Å². The second-order valence-electron chi connectivity index (χ2n) is 15.4. The number of para-hydroxylation sites is 1. The molecule has 3 nitrogen and oxygen atoms in total. The number of nitrogens with zero attached hydrogens (tertiary/aromatic N) is 1. The van der Waals surface area contributed by atoms with E-state index in [4.69, 9.17) is 0 Å². The molecule has 5 atom stereocenters. The van der Waals surface area contributed by atoms with Crippen LogP contribution in [-0.4, -0.2) is 8.42 Å². The molecule has 9 rings (SSSR count). The lowest BCUT2D eigenvalue weighted by Crippen LogP contribution is -2.54. The summed E-state index contributed by atoms with van der Waals surface area (Å²) in [5.41, 5.74) is 9.04. The Morgan fingerprint density at radius 1 is 0.577 bits per heavy atom. The highest BCUT2D eigenvalue weighted by molar-refractivity contribution is 7.91. The van der Waals surface area contributed by atoms with Crippen molar-refractivity contribution in [3.05, 3.63) is 163 Å². The van der Waals surface area contributed by atoms with E-state index in [9.17, 15) is 8.42 Å². The summed E-state index contributed by atoms with van der Waals surface area (Å²) < 4.78 is 29.9. The summed E-state index contributed by atoms with van der Waals surface area (Å²) in [6.07, 6.45) is 5.75. The molecular formula is C48H45NO2S. The molecule has 6 aromatic carbocycles. The zero-order valence-corrected chi connectivity index (χ0v) is 30.8. The van der Waals surface area contributed by atoms with E-state index >= 15 is 0 Å². The zero-order valence-electron chi connectivity index (χ0n) is 30.0. The van der Waals surface area contributed by atoms with Gasteiger partial charge in [-0.25, -0.2) is 8.42 Å². The minimum absolute atomic E-state index is 0.307. The summed E-state index contributed by atoms with van der Waals surface area (Å²) in [5, 5.41) is 0. The first kappa shape index (κ1) is 32.9. The molecule has 260 valence electrons. The molecule has 2 bridgehead atoms. The van der Waals surface area contributed by atoms with Crippen molar-refractivity contribution in [1.29, 1.82) is 0 Å². The Kier molecular flexibility index (Phi) is 8.19. The van der Waals surface area contributed by atoms with Crippen LogP contribution < -0.4 is 4.90 Å². The number of hydrogen-bond donors (Lipinski definition) is 0. The van der Waals surface area contributed by atoms with Crippen LogP contribution in [0.3, 0.4) is 0 Å². The summed E-state index contributed by atoms with van der Waals surface area (Å²) in [7, 11) is -3.79. The van der Waals surface area contributed by atoms with Crippen molar-refractivity contribution in [2.75, 3.05) is 4.90 Å². The topological polar surface area (TPSA) is 37.4 Å². The van der Waals surface area contributed by atoms with Crippen molar-refractivity contribution in [1.82, 2.24) is 0 Å². The van der Waals surface area contributed by atoms with Crippen LogP contribution in [0.1, 0.15) is 57.1 Å². The van der Waals surface area contributed by atoms with Gasteiger partial charge in [0, 0.05) is 22.4 Å². The Balaban J connectivity index is 1.27. The van der Waals surface area contributed by atoms with E-state index in [-0.39, 0.29) is 5.41 Å². The zero-order chi connectivity index (χ0) is 35.5. The fourth-order valence-electron chi connectivity index (χ4n) is 10.4. The van der Waals surface area contributed by atoms with Gasteiger partial charge in [0.1, 0.15) is 0 Å². The smallest absolute Gasteiger partial charge is 0.207 e. The molecule has 4 heteroatoms. The Bertz CT molecular complexity index is 2330. The SMILES string of the molecule is CCC1C[C@H]2CC(C)C[C@@H](C1)C21c2ccccc2S(=O)(=O)c2cc(N(c3ccc(-c4ccccc4)cc3)c3ccccc3-c3ccccc3)ccc21. The highest BCUT2D eigenvalue weighted by atomic mass is 32.2. The molecule has 0 aromatic heterocycles. The van der Waals surface area contributed by atoms with Crippen LogP contribution in [-0.2, 0) is 15.3 Å². The van der Waals surface area contributed by atoms with Crippen molar-refractivity contribution in [2.45, 2.75) is 61.2 Å². The first-order chi connectivity index (χ1) is 25.4. The molecule has 1 heterocycles. The van der Waals surface area contributed by atoms with Crippen molar-refractivity contribution in [2.24, 2.45) is 23.7 Å². The average Bonchev–Trinajstić information content (AvgIpc) is 3.18. The second kappa shape index (κ2) is 12.9. The van der Waals surface area contributed by atoms with E-state index in [1.165, 1.54) is 6.42 Å². The van der Waals surface area contributed by atoms with Crippen molar-refractivity contribution in [3.63, 3.8) is 0 Å².